The fourth-order valence-electron chi connectivity index (χ4n) is 4.44. The molecule has 8 nitrogen and oxygen atoms in total. The van der Waals surface area contributed by atoms with Crippen LogP contribution in [0.25, 0.3) is 4.91 Å². The first kappa shape index (κ1) is 21.8. The van der Waals surface area contributed by atoms with Crippen LogP contribution in [0.4, 0.5) is 0 Å². The number of ether oxygens (including phenoxy) is 2. The molecule has 0 bridgehead atoms. The maximum absolute atomic E-state index is 12.8. The van der Waals surface area contributed by atoms with Gasteiger partial charge in [0.25, 0.3) is 10.0 Å². The zero-order chi connectivity index (χ0) is 22.0. The predicted octanol–water partition coefficient (Wildman–Crippen LogP) is 2.18. The fraction of sp³-hybridized carbons (Fsp3) is 0.545. The van der Waals surface area contributed by atoms with E-state index >= 15 is 0 Å². The van der Waals surface area contributed by atoms with Gasteiger partial charge in [-0.2, -0.15) is 8.42 Å². The molecule has 1 atom stereocenters. The van der Waals surface area contributed by atoms with Crippen molar-refractivity contribution in [3.63, 3.8) is 0 Å². The van der Waals surface area contributed by atoms with Crippen LogP contribution in [0.1, 0.15) is 38.2 Å². The van der Waals surface area contributed by atoms with Crippen LogP contribution >= 0.6 is 0 Å². The molecule has 1 N–H and O–H groups in total. The van der Waals surface area contributed by atoms with E-state index in [1.54, 1.807) is 38.3 Å². The smallest absolute Gasteiger partial charge is 0.285 e. The molecule has 31 heavy (non-hydrogen) atoms. The zero-order valence-electron chi connectivity index (χ0n) is 18.0. The maximum Gasteiger partial charge on any atom is 0.285 e. The van der Waals surface area contributed by atoms with E-state index in [-0.39, 0.29) is 22.8 Å². The first-order valence-corrected chi connectivity index (χ1v) is 12.2. The summed E-state index contributed by atoms with van der Waals surface area (Å²) in [6.07, 6.45) is 3.51. The molecule has 3 aliphatic rings. The molecule has 2 fully saturated rings. The molecule has 3 aliphatic heterocycles. The largest absolute Gasteiger partial charge is 0.497 e. The van der Waals surface area contributed by atoms with E-state index in [9.17, 15) is 13.2 Å². The fourth-order valence-corrected chi connectivity index (χ4v) is 5.93. The van der Waals surface area contributed by atoms with Gasteiger partial charge in [-0.15, -0.1) is 4.40 Å². The van der Waals surface area contributed by atoms with Crippen molar-refractivity contribution in [2.75, 3.05) is 33.4 Å². The highest BCUT2D eigenvalue weighted by atomic mass is 32.2. The van der Waals surface area contributed by atoms with Crippen molar-refractivity contribution in [1.29, 1.82) is 0 Å². The molecule has 1 amide bonds. The maximum atomic E-state index is 12.8. The number of methoxy groups -OCH3 is 1. The molecule has 0 aromatic heterocycles. The van der Waals surface area contributed by atoms with Gasteiger partial charge in [-0.3, -0.25) is 4.79 Å². The van der Waals surface area contributed by atoms with Crippen molar-refractivity contribution in [2.24, 2.45) is 10.3 Å². The molecule has 0 radical (unpaired) electrons. The van der Waals surface area contributed by atoms with Crippen molar-refractivity contribution in [3.05, 3.63) is 35.4 Å². The first-order chi connectivity index (χ1) is 14.9. The Labute approximate surface area is 183 Å². The van der Waals surface area contributed by atoms with E-state index in [0.717, 1.165) is 19.4 Å². The molecule has 0 aliphatic carbocycles. The van der Waals surface area contributed by atoms with Gasteiger partial charge in [0.1, 0.15) is 16.5 Å². The normalized spacial score (nSPS) is 23.7. The lowest BCUT2D eigenvalue weighted by atomic mass is 9.95. The number of nitrogens with one attached hydrogen (secondary N) is 1. The summed E-state index contributed by atoms with van der Waals surface area (Å²) in [7, 11) is -2.19. The second kappa shape index (κ2) is 9.00. The standard InChI is InChI=1S/C22H29N3O5S/c1-15-20(16-5-7-18(29-2)8-6-16)31(27,28)24-21(15)25-11-9-17(10-12-25)22(26)23-14-19-4-3-13-30-19/h5-8,17,19H,3-4,9-14H2,1-2H3,(H,23,26). The molecule has 4 rings (SSSR count). The minimum atomic E-state index is -3.76. The van der Waals surface area contributed by atoms with Crippen molar-refractivity contribution >= 4 is 26.7 Å². The topological polar surface area (TPSA) is 97.3 Å². The Kier molecular flexibility index (Phi) is 6.34. The highest BCUT2D eigenvalue weighted by Crippen LogP contribution is 2.35. The molecule has 2 saturated heterocycles. The summed E-state index contributed by atoms with van der Waals surface area (Å²) in [6.45, 7) is 4.33. The van der Waals surface area contributed by atoms with Gasteiger partial charge in [0.05, 0.1) is 13.2 Å². The van der Waals surface area contributed by atoms with Crippen LogP contribution in [0, 0.1) is 5.92 Å². The van der Waals surface area contributed by atoms with Crippen LogP contribution in [-0.4, -0.2) is 64.5 Å². The second-order valence-corrected chi connectivity index (χ2v) is 9.76. The number of sulfonamides is 1. The van der Waals surface area contributed by atoms with E-state index in [2.05, 4.69) is 9.71 Å². The van der Waals surface area contributed by atoms with Gasteiger partial charge >= 0.3 is 0 Å². The van der Waals surface area contributed by atoms with E-state index in [4.69, 9.17) is 9.47 Å². The summed E-state index contributed by atoms with van der Waals surface area (Å²) in [6, 6.07) is 6.95. The molecule has 1 aromatic rings. The highest BCUT2D eigenvalue weighted by molar-refractivity contribution is 8.00. The molecule has 3 heterocycles. The van der Waals surface area contributed by atoms with Crippen LogP contribution in [0.5, 0.6) is 5.75 Å². The molecule has 0 saturated carbocycles. The van der Waals surface area contributed by atoms with E-state index in [1.165, 1.54) is 0 Å². The molecule has 0 spiro atoms. The highest BCUT2D eigenvalue weighted by Gasteiger charge is 2.35. The van der Waals surface area contributed by atoms with Crippen LogP contribution in [-0.2, 0) is 19.6 Å². The van der Waals surface area contributed by atoms with Crippen molar-refractivity contribution in [3.8, 4) is 5.75 Å². The Morgan fingerprint density at radius 3 is 2.55 bits per heavy atom. The number of rotatable bonds is 5. The number of amides is 1. The Morgan fingerprint density at radius 2 is 1.94 bits per heavy atom. The van der Waals surface area contributed by atoms with E-state index in [0.29, 0.717) is 55.2 Å². The molecule has 1 aromatic carbocycles. The summed E-state index contributed by atoms with van der Waals surface area (Å²) in [4.78, 5) is 14.7. The lowest BCUT2D eigenvalue weighted by Crippen LogP contribution is -2.44. The number of hydrogen-bond donors (Lipinski definition) is 1. The third-order valence-electron chi connectivity index (χ3n) is 6.19. The summed E-state index contributed by atoms with van der Waals surface area (Å²) in [5, 5.41) is 3.01. The quantitative estimate of drug-likeness (QED) is 0.743. The summed E-state index contributed by atoms with van der Waals surface area (Å²) < 4.78 is 40.4. The third-order valence-corrected chi connectivity index (χ3v) is 7.66. The van der Waals surface area contributed by atoms with Gasteiger partial charge in [-0.25, -0.2) is 0 Å². The number of piperidine rings is 1. The number of likely N-dealkylation sites (tertiary alicyclic amines) is 1. The third kappa shape index (κ3) is 4.62. The minimum absolute atomic E-state index is 0.0577. The van der Waals surface area contributed by atoms with Crippen molar-refractivity contribution in [1.82, 2.24) is 10.2 Å². The average Bonchev–Trinajstić information content (AvgIpc) is 3.38. The molecular formula is C22H29N3O5S. The van der Waals surface area contributed by atoms with Crippen molar-refractivity contribution in [2.45, 2.75) is 38.7 Å². The number of carbonyl (C=O) groups is 1. The Bertz CT molecular complexity index is 986. The first-order valence-electron chi connectivity index (χ1n) is 10.7. The van der Waals surface area contributed by atoms with Gasteiger partial charge in [0.2, 0.25) is 5.91 Å². The number of nitrogens with zero attached hydrogens (tertiary/aromatic N) is 2. The number of carbonyl (C=O) groups excluding carboxylic acids is 1. The average molecular weight is 448 g/mol. The SMILES string of the molecule is COc1ccc(C2=C(C)C(N3CCC(C(=O)NCC4CCCO4)CC3)=NS2(=O)=O)cc1. The Morgan fingerprint density at radius 1 is 1.23 bits per heavy atom. The Balaban J connectivity index is 1.40. The van der Waals surface area contributed by atoms with E-state index in [1.807, 2.05) is 4.90 Å². The number of amidine groups is 1. The molecular weight excluding hydrogens is 418 g/mol. The van der Waals surface area contributed by atoms with Gasteiger partial charge in [0.15, 0.2) is 0 Å². The lowest BCUT2D eigenvalue weighted by molar-refractivity contribution is -0.126. The minimum Gasteiger partial charge on any atom is -0.497 e. The second-order valence-electron chi connectivity index (χ2n) is 8.21. The summed E-state index contributed by atoms with van der Waals surface area (Å²) in [5.41, 5.74) is 1.24. The number of hydrogen-bond acceptors (Lipinski definition) is 6. The number of benzene rings is 1. The van der Waals surface area contributed by atoms with Gasteiger partial charge in [-0.1, -0.05) is 0 Å². The predicted molar refractivity (Wildman–Crippen MR) is 118 cm³/mol. The van der Waals surface area contributed by atoms with Gasteiger partial charge < -0.3 is 19.7 Å². The van der Waals surface area contributed by atoms with Crippen LogP contribution in [0.2, 0.25) is 0 Å². The van der Waals surface area contributed by atoms with E-state index < -0.39 is 10.0 Å². The van der Waals surface area contributed by atoms with Crippen LogP contribution in [0.3, 0.4) is 0 Å². The summed E-state index contributed by atoms with van der Waals surface area (Å²) in [5.74, 6) is 1.14. The van der Waals surface area contributed by atoms with Crippen LogP contribution in [0.15, 0.2) is 34.2 Å². The zero-order valence-corrected chi connectivity index (χ0v) is 18.8. The van der Waals surface area contributed by atoms with Gasteiger partial charge in [0, 0.05) is 37.7 Å². The van der Waals surface area contributed by atoms with Crippen LogP contribution < -0.4 is 10.1 Å². The van der Waals surface area contributed by atoms with Gasteiger partial charge in [-0.05, 0) is 62.4 Å². The lowest BCUT2D eigenvalue weighted by Gasteiger charge is -2.33. The monoisotopic (exact) mass is 447 g/mol. The molecule has 1 unspecified atom stereocenters. The van der Waals surface area contributed by atoms with Crippen molar-refractivity contribution < 1.29 is 22.7 Å². The summed E-state index contributed by atoms with van der Waals surface area (Å²) >= 11 is 0. The Hall–Kier alpha value is -2.39. The molecule has 168 valence electrons. The molecule has 9 heteroatoms.